The highest BCUT2D eigenvalue weighted by Crippen LogP contribution is 2.51. The minimum absolute atomic E-state index is 0.111. The molecule has 1 heterocycles. The Hall–Kier alpha value is -1.28. The predicted molar refractivity (Wildman–Crippen MR) is 62.2 cm³/mol. The Labute approximate surface area is 98.1 Å². The van der Waals surface area contributed by atoms with Crippen LogP contribution in [0, 0.1) is 23.7 Å². The fourth-order valence-electron chi connectivity index (χ4n) is 1.56. The van der Waals surface area contributed by atoms with Crippen LogP contribution in [0.3, 0.4) is 0 Å². The molecule has 1 aliphatic carbocycles. The van der Waals surface area contributed by atoms with Crippen molar-refractivity contribution in [1.29, 1.82) is 5.26 Å². The molecule has 1 N–H and O–H groups in total. The molecule has 0 unspecified atom stereocenters. The van der Waals surface area contributed by atoms with Gasteiger partial charge >= 0.3 is 0 Å². The number of nitrogens with one attached hydrogen (secondary N) is 1. The van der Waals surface area contributed by atoms with Crippen LogP contribution in [0.2, 0.25) is 0 Å². The molecule has 1 aliphatic rings. The van der Waals surface area contributed by atoms with Crippen LogP contribution >= 0.6 is 11.8 Å². The van der Waals surface area contributed by atoms with E-state index < -0.39 is 0 Å². The second kappa shape index (κ2) is 4.30. The topological polar surface area (TPSA) is 69.5 Å². The summed E-state index contributed by atoms with van der Waals surface area (Å²) < 4.78 is 0. The normalized spacial score (nSPS) is 16.8. The number of aryl methyl sites for hydroxylation is 1. The number of nitrogens with zero attached hydrogens (tertiary/aromatic N) is 2. The lowest BCUT2D eigenvalue weighted by molar-refractivity contribution is 0.603. The van der Waals surface area contributed by atoms with Crippen LogP contribution in [0.4, 0.5) is 0 Å². The van der Waals surface area contributed by atoms with Crippen molar-refractivity contribution < 1.29 is 0 Å². The van der Waals surface area contributed by atoms with Gasteiger partial charge in [-0.2, -0.15) is 5.26 Å². The zero-order chi connectivity index (χ0) is 11.6. The Kier molecular flexibility index (Phi) is 3.01. The van der Waals surface area contributed by atoms with E-state index in [0.717, 1.165) is 24.3 Å². The van der Waals surface area contributed by atoms with Crippen molar-refractivity contribution in [3.63, 3.8) is 0 Å². The van der Waals surface area contributed by atoms with E-state index in [0.29, 0.717) is 11.6 Å². The van der Waals surface area contributed by atoms with E-state index in [1.165, 1.54) is 6.07 Å². The fourth-order valence-corrected chi connectivity index (χ4v) is 2.77. The molecular formula is C11H13N3OS. The summed E-state index contributed by atoms with van der Waals surface area (Å²) in [5.74, 6) is 0.868. The van der Waals surface area contributed by atoms with Crippen LogP contribution in [0.15, 0.2) is 16.0 Å². The molecular weight excluding hydrogens is 222 g/mol. The summed E-state index contributed by atoms with van der Waals surface area (Å²) in [6.45, 7) is 1.81. The standard InChI is InChI=1S/C11H13N3OS/c1-8-6-9(15)14-10(13-8)16-7-11(2-3-11)4-5-12/h6H,2-4,7H2,1H3,(H,13,14,15). The molecule has 0 saturated heterocycles. The summed E-state index contributed by atoms with van der Waals surface area (Å²) in [5, 5.41) is 9.36. The summed E-state index contributed by atoms with van der Waals surface area (Å²) in [7, 11) is 0. The number of hydrogen-bond acceptors (Lipinski definition) is 4. The largest absolute Gasteiger partial charge is 0.301 e. The van der Waals surface area contributed by atoms with E-state index in [-0.39, 0.29) is 11.0 Å². The van der Waals surface area contributed by atoms with Gasteiger partial charge in [-0.25, -0.2) is 4.98 Å². The Morgan fingerprint density at radius 1 is 1.69 bits per heavy atom. The number of aromatic nitrogens is 2. The van der Waals surface area contributed by atoms with Crippen LogP contribution < -0.4 is 5.56 Å². The van der Waals surface area contributed by atoms with Gasteiger partial charge in [-0.3, -0.25) is 4.79 Å². The second-order valence-corrected chi connectivity index (χ2v) is 5.28. The quantitative estimate of drug-likeness (QED) is 0.639. The molecule has 16 heavy (non-hydrogen) atoms. The van der Waals surface area contributed by atoms with Crippen LogP contribution in [0.5, 0.6) is 0 Å². The molecule has 1 aromatic heterocycles. The first-order valence-corrected chi connectivity index (χ1v) is 6.20. The van der Waals surface area contributed by atoms with E-state index in [9.17, 15) is 4.79 Å². The highest BCUT2D eigenvalue weighted by atomic mass is 32.2. The molecule has 0 atom stereocenters. The van der Waals surface area contributed by atoms with E-state index in [2.05, 4.69) is 16.0 Å². The number of rotatable bonds is 4. The van der Waals surface area contributed by atoms with Crippen molar-refractivity contribution in [3.8, 4) is 6.07 Å². The smallest absolute Gasteiger partial charge is 0.251 e. The summed E-state index contributed by atoms with van der Waals surface area (Å²) >= 11 is 1.54. The van der Waals surface area contributed by atoms with Crippen molar-refractivity contribution in [3.05, 3.63) is 22.1 Å². The molecule has 0 aliphatic heterocycles. The third-order valence-electron chi connectivity index (χ3n) is 2.77. The lowest BCUT2D eigenvalue weighted by Crippen LogP contribution is -2.10. The van der Waals surface area contributed by atoms with Crippen molar-refractivity contribution in [1.82, 2.24) is 9.97 Å². The zero-order valence-corrected chi connectivity index (χ0v) is 9.93. The van der Waals surface area contributed by atoms with Gasteiger partial charge in [-0.15, -0.1) is 0 Å². The molecule has 4 nitrogen and oxygen atoms in total. The molecule has 0 spiro atoms. The Morgan fingerprint density at radius 2 is 2.44 bits per heavy atom. The first-order valence-electron chi connectivity index (χ1n) is 5.21. The molecule has 1 fully saturated rings. The summed E-state index contributed by atoms with van der Waals surface area (Å²) in [5.41, 5.74) is 0.804. The lowest BCUT2D eigenvalue weighted by atomic mass is 10.1. The van der Waals surface area contributed by atoms with Crippen molar-refractivity contribution >= 4 is 11.8 Å². The Balaban J connectivity index is 2.00. The third kappa shape index (κ3) is 2.64. The van der Waals surface area contributed by atoms with Crippen LogP contribution in [-0.2, 0) is 0 Å². The summed E-state index contributed by atoms with van der Waals surface area (Å²) in [4.78, 5) is 18.2. The Morgan fingerprint density at radius 3 is 3.00 bits per heavy atom. The van der Waals surface area contributed by atoms with Gasteiger partial charge < -0.3 is 4.98 Å². The van der Waals surface area contributed by atoms with E-state index in [1.807, 2.05) is 6.92 Å². The average molecular weight is 235 g/mol. The minimum atomic E-state index is -0.111. The van der Waals surface area contributed by atoms with Gasteiger partial charge in [0.1, 0.15) is 0 Å². The molecule has 0 amide bonds. The van der Waals surface area contributed by atoms with Gasteiger partial charge in [-0.1, -0.05) is 11.8 Å². The molecule has 2 rings (SSSR count). The molecule has 84 valence electrons. The number of thioether (sulfide) groups is 1. The first kappa shape index (κ1) is 11.2. The van der Waals surface area contributed by atoms with Crippen molar-refractivity contribution in [2.24, 2.45) is 5.41 Å². The summed E-state index contributed by atoms with van der Waals surface area (Å²) in [6.07, 6.45) is 2.84. The van der Waals surface area contributed by atoms with Crippen LogP contribution in [0.1, 0.15) is 25.0 Å². The fraction of sp³-hybridized carbons (Fsp3) is 0.545. The lowest BCUT2D eigenvalue weighted by Gasteiger charge is -2.09. The first-order chi connectivity index (χ1) is 7.63. The molecule has 0 aromatic carbocycles. The maximum atomic E-state index is 11.2. The molecule has 0 radical (unpaired) electrons. The van der Waals surface area contributed by atoms with E-state index in [1.54, 1.807) is 11.8 Å². The minimum Gasteiger partial charge on any atom is -0.301 e. The van der Waals surface area contributed by atoms with Gasteiger partial charge in [0.15, 0.2) is 5.16 Å². The molecule has 5 heteroatoms. The van der Waals surface area contributed by atoms with Crippen molar-refractivity contribution in [2.75, 3.05) is 5.75 Å². The third-order valence-corrected chi connectivity index (χ3v) is 4.00. The number of hydrogen-bond donors (Lipinski definition) is 1. The van der Waals surface area contributed by atoms with E-state index in [4.69, 9.17) is 5.26 Å². The van der Waals surface area contributed by atoms with Crippen LogP contribution in [-0.4, -0.2) is 15.7 Å². The number of aromatic amines is 1. The number of H-pyrrole nitrogens is 1. The van der Waals surface area contributed by atoms with E-state index >= 15 is 0 Å². The Bertz CT molecular complexity index is 485. The van der Waals surface area contributed by atoms with Gasteiger partial charge in [0, 0.05) is 23.9 Å². The highest BCUT2D eigenvalue weighted by molar-refractivity contribution is 7.99. The SMILES string of the molecule is Cc1cc(=O)[nH]c(SCC2(CC#N)CC2)n1. The summed E-state index contributed by atoms with van der Waals surface area (Å²) in [6, 6.07) is 3.70. The predicted octanol–water partition coefficient (Wildman–Crippen LogP) is 1.86. The van der Waals surface area contributed by atoms with Gasteiger partial charge in [0.05, 0.1) is 6.07 Å². The maximum absolute atomic E-state index is 11.2. The highest BCUT2D eigenvalue weighted by Gasteiger charge is 2.42. The van der Waals surface area contributed by atoms with Gasteiger partial charge in [0.2, 0.25) is 0 Å². The van der Waals surface area contributed by atoms with Gasteiger partial charge in [0.25, 0.3) is 5.56 Å². The molecule has 1 aromatic rings. The average Bonchev–Trinajstić information content (AvgIpc) is 2.95. The maximum Gasteiger partial charge on any atom is 0.251 e. The molecule has 0 bridgehead atoms. The van der Waals surface area contributed by atoms with Crippen molar-refractivity contribution in [2.45, 2.75) is 31.3 Å². The van der Waals surface area contributed by atoms with Gasteiger partial charge in [-0.05, 0) is 25.2 Å². The molecule has 1 saturated carbocycles. The monoisotopic (exact) mass is 235 g/mol. The zero-order valence-electron chi connectivity index (χ0n) is 9.12. The van der Waals surface area contributed by atoms with Crippen LogP contribution in [0.25, 0.3) is 0 Å². The number of nitriles is 1. The second-order valence-electron chi connectivity index (χ2n) is 4.32.